The number of allylic oxidation sites excluding steroid dienone is 5. The van der Waals surface area contributed by atoms with Gasteiger partial charge in [-0.15, -0.1) is 0 Å². The van der Waals surface area contributed by atoms with E-state index in [0.717, 1.165) is 61.9 Å². The summed E-state index contributed by atoms with van der Waals surface area (Å²) in [4.78, 5) is 29.0. The second kappa shape index (κ2) is 9.07. The predicted molar refractivity (Wildman–Crippen MR) is 174 cm³/mol. The van der Waals surface area contributed by atoms with Crippen LogP contribution in [0.5, 0.6) is 0 Å². The standard InChI is InChI=1S/C34H21N9O2/c1-5-21-28(22(6-1)39-25-9-3-13-44-25)20(15-35-21)30-18-11-12-19-27(18)29-32(41-30)36-16-37-33(29)42-34(19)43-17-38-23-7-2-8-24(31(23)43)40-26-10-4-14-45-26/h1-17,20,29,39-40H. The summed E-state index contributed by atoms with van der Waals surface area (Å²) in [5.74, 6) is 2.90. The summed E-state index contributed by atoms with van der Waals surface area (Å²) in [5, 5.41) is 6.81. The van der Waals surface area contributed by atoms with Crippen LogP contribution in [0.4, 0.5) is 28.8 Å². The number of hydrogen-bond donors (Lipinski definition) is 2. The number of para-hydroxylation sites is 1. The average Bonchev–Trinajstić information content (AvgIpc) is 3.91. The molecule has 0 spiro atoms. The van der Waals surface area contributed by atoms with Gasteiger partial charge in [-0.3, -0.25) is 9.56 Å². The van der Waals surface area contributed by atoms with Crippen molar-refractivity contribution in [3.8, 4) is 0 Å². The van der Waals surface area contributed by atoms with Crippen LogP contribution in [0.15, 0.2) is 148 Å². The lowest BCUT2D eigenvalue weighted by Crippen LogP contribution is -2.36. The zero-order valence-corrected chi connectivity index (χ0v) is 23.4. The topological polar surface area (TPSA) is 130 Å². The van der Waals surface area contributed by atoms with Crippen molar-refractivity contribution < 1.29 is 8.83 Å². The summed E-state index contributed by atoms with van der Waals surface area (Å²) < 4.78 is 13.2. The molecule has 45 heavy (non-hydrogen) atoms. The molecule has 0 saturated heterocycles. The average molecular weight is 588 g/mol. The zero-order valence-electron chi connectivity index (χ0n) is 23.4. The Hall–Kier alpha value is -6.36. The van der Waals surface area contributed by atoms with E-state index in [4.69, 9.17) is 28.8 Å². The highest BCUT2D eigenvalue weighted by Gasteiger charge is 2.44. The molecule has 11 heteroatoms. The number of aliphatic imine (C=N–C) groups is 5. The minimum absolute atomic E-state index is 0.198. The molecule has 0 radical (unpaired) electrons. The Morgan fingerprint density at radius 3 is 2.40 bits per heavy atom. The zero-order chi connectivity index (χ0) is 29.5. The van der Waals surface area contributed by atoms with E-state index in [0.29, 0.717) is 23.4 Å². The van der Waals surface area contributed by atoms with Crippen LogP contribution in [0.1, 0.15) is 11.5 Å². The fourth-order valence-electron chi connectivity index (χ4n) is 6.68. The highest BCUT2D eigenvalue weighted by atomic mass is 16.3. The number of aromatic nitrogens is 2. The first-order valence-electron chi connectivity index (χ1n) is 14.5. The second-order valence-electron chi connectivity index (χ2n) is 11.0. The van der Waals surface area contributed by atoms with Crippen molar-refractivity contribution in [2.24, 2.45) is 30.9 Å². The highest BCUT2D eigenvalue weighted by Crippen LogP contribution is 2.50. The number of amidine groups is 2. The van der Waals surface area contributed by atoms with Gasteiger partial charge in [0, 0.05) is 40.7 Å². The van der Waals surface area contributed by atoms with Crippen molar-refractivity contribution in [1.29, 1.82) is 0 Å². The molecule has 5 aliphatic rings. The maximum atomic E-state index is 5.59. The van der Waals surface area contributed by atoms with Gasteiger partial charge < -0.3 is 19.5 Å². The van der Waals surface area contributed by atoms with Crippen LogP contribution in [0.3, 0.4) is 0 Å². The fraction of sp³-hybridized carbons (Fsp3) is 0.0588. The Bertz CT molecular complexity index is 2330. The van der Waals surface area contributed by atoms with E-state index in [1.54, 1.807) is 18.9 Å². The quantitative estimate of drug-likeness (QED) is 0.227. The molecule has 2 aromatic carbocycles. The monoisotopic (exact) mass is 587 g/mol. The van der Waals surface area contributed by atoms with Gasteiger partial charge in [0.2, 0.25) is 0 Å². The molecule has 0 amide bonds. The van der Waals surface area contributed by atoms with Crippen molar-refractivity contribution in [3.63, 3.8) is 0 Å². The first-order chi connectivity index (χ1) is 22.3. The van der Waals surface area contributed by atoms with Crippen molar-refractivity contribution in [3.05, 3.63) is 120 Å². The number of rotatable bonds is 5. The van der Waals surface area contributed by atoms with Gasteiger partial charge in [-0.25, -0.2) is 25.0 Å². The molecular formula is C34H21N9O2. The smallest absolute Gasteiger partial charge is 0.197 e. The molecule has 2 unspecified atom stereocenters. The van der Waals surface area contributed by atoms with Crippen molar-refractivity contribution in [2.75, 3.05) is 10.6 Å². The maximum Gasteiger partial charge on any atom is 0.197 e. The summed E-state index contributed by atoms with van der Waals surface area (Å²) in [6.45, 7) is 0. The van der Waals surface area contributed by atoms with Gasteiger partial charge in [0.05, 0.1) is 46.5 Å². The second-order valence-corrected chi connectivity index (χ2v) is 11.0. The highest BCUT2D eigenvalue weighted by molar-refractivity contribution is 6.26. The van der Waals surface area contributed by atoms with E-state index in [2.05, 4.69) is 32.8 Å². The van der Waals surface area contributed by atoms with E-state index in [1.807, 2.05) is 77.8 Å². The van der Waals surface area contributed by atoms with Gasteiger partial charge in [-0.2, -0.15) is 0 Å². The number of anilines is 4. The normalized spacial score (nSPS) is 20.4. The largest absolute Gasteiger partial charge is 0.449 e. The van der Waals surface area contributed by atoms with Crippen LogP contribution in [0.2, 0.25) is 0 Å². The van der Waals surface area contributed by atoms with Crippen LogP contribution in [-0.2, 0) is 0 Å². The van der Waals surface area contributed by atoms with E-state index >= 15 is 0 Å². The first kappa shape index (κ1) is 24.1. The third-order valence-corrected chi connectivity index (χ3v) is 8.56. The number of nitrogens with one attached hydrogen (secondary N) is 2. The third-order valence-electron chi connectivity index (χ3n) is 8.56. The van der Waals surface area contributed by atoms with Crippen LogP contribution < -0.4 is 10.6 Å². The number of nitrogens with zero attached hydrogens (tertiary/aromatic N) is 7. The predicted octanol–water partition coefficient (Wildman–Crippen LogP) is 7.06. The van der Waals surface area contributed by atoms with E-state index in [-0.39, 0.29) is 11.8 Å². The molecule has 2 atom stereocenters. The number of fused-ring (bicyclic) bond motifs is 2. The van der Waals surface area contributed by atoms with Gasteiger partial charge in [0.25, 0.3) is 0 Å². The van der Waals surface area contributed by atoms with E-state index in [9.17, 15) is 0 Å². The number of hydrogen-bond acceptors (Lipinski definition) is 10. The summed E-state index contributed by atoms with van der Waals surface area (Å²) in [7, 11) is 0. The molecule has 3 aromatic heterocycles. The van der Waals surface area contributed by atoms with Crippen molar-refractivity contribution >= 4 is 69.9 Å². The molecular weight excluding hydrogens is 566 g/mol. The maximum absolute atomic E-state index is 5.59. The third kappa shape index (κ3) is 3.51. The number of furan rings is 2. The SMILES string of the molecule is C1=CC2=C(C3C=Nc4cccc(Nc5ccco5)c43)N=C3N=CN=C4N=C(n5cnc6cccc(Nc7ccco7)c65)C1=C2C43. The molecule has 4 aliphatic heterocycles. The molecule has 1 aliphatic carbocycles. The Morgan fingerprint density at radius 1 is 0.756 bits per heavy atom. The number of imidazole rings is 1. The Balaban J connectivity index is 1.14. The van der Waals surface area contributed by atoms with E-state index < -0.39 is 0 Å². The van der Waals surface area contributed by atoms with Crippen LogP contribution in [-0.4, -0.2) is 39.6 Å². The summed E-state index contributed by atoms with van der Waals surface area (Å²) in [6, 6.07) is 19.5. The minimum atomic E-state index is -0.257. The molecule has 11 nitrogen and oxygen atoms in total. The lowest BCUT2D eigenvalue weighted by Gasteiger charge is -2.32. The molecule has 5 aromatic rings. The summed E-state index contributed by atoms with van der Waals surface area (Å²) in [6.07, 6.45) is 12.9. The Morgan fingerprint density at radius 2 is 1.56 bits per heavy atom. The van der Waals surface area contributed by atoms with Crippen LogP contribution in [0.25, 0.3) is 11.0 Å². The van der Waals surface area contributed by atoms with Crippen LogP contribution >= 0.6 is 0 Å². The Labute approximate surface area is 255 Å². The van der Waals surface area contributed by atoms with Crippen molar-refractivity contribution in [1.82, 2.24) is 9.55 Å². The lowest BCUT2D eigenvalue weighted by molar-refractivity contribution is 0.585. The molecule has 214 valence electrons. The molecule has 0 bridgehead atoms. The number of benzene rings is 2. The molecule has 10 rings (SSSR count). The first-order valence-corrected chi connectivity index (χ1v) is 14.5. The number of dihydropyridines is 1. The summed E-state index contributed by atoms with van der Waals surface area (Å²) >= 11 is 0. The van der Waals surface area contributed by atoms with Crippen molar-refractivity contribution in [2.45, 2.75) is 5.92 Å². The van der Waals surface area contributed by atoms with Gasteiger partial charge in [0.1, 0.15) is 36.1 Å². The molecule has 0 saturated carbocycles. The van der Waals surface area contributed by atoms with E-state index in [1.165, 1.54) is 0 Å². The Kier molecular flexibility index (Phi) is 4.86. The fourth-order valence-corrected chi connectivity index (χ4v) is 6.68. The van der Waals surface area contributed by atoms with Gasteiger partial charge >= 0.3 is 0 Å². The van der Waals surface area contributed by atoms with Gasteiger partial charge in [-0.05, 0) is 42.0 Å². The molecule has 0 fully saturated rings. The minimum Gasteiger partial charge on any atom is -0.449 e. The molecule has 2 N–H and O–H groups in total. The van der Waals surface area contributed by atoms with Crippen LogP contribution in [0, 0.1) is 5.92 Å². The molecule has 7 heterocycles. The summed E-state index contributed by atoms with van der Waals surface area (Å²) in [5.41, 5.74) is 9.40. The van der Waals surface area contributed by atoms with Gasteiger partial charge in [0.15, 0.2) is 11.8 Å². The van der Waals surface area contributed by atoms with Gasteiger partial charge in [-0.1, -0.05) is 24.3 Å². The lowest BCUT2D eigenvalue weighted by atomic mass is 9.81.